The van der Waals surface area contributed by atoms with E-state index in [2.05, 4.69) is 17.2 Å². The molecule has 1 atom stereocenters. The second kappa shape index (κ2) is 8.27. The number of hydrogen-bond donors (Lipinski definition) is 1. The van der Waals surface area contributed by atoms with Crippen LogP contribution in [0.25, 0.3) is 0 Å². The van der Waals surface area contributed by atoms with E-state index in [9.17, 15) is 9.59 Å². The first kappa shape index (κ1) is 16.9. The molecule has 5 nitrogen and oxygen atoms in total. The van der Waals surface area contributed by atoms with Gasteiger partial charge < -0.3 is 9.88 Å². The molecule has 0 aliphatic heterocycles. The molecule has 122 valence electrons. The van der Waals surface area contributed by atoms with Crippen LogP contribution in [0.1, 0.15) is 55.1 Å². The zero-order chi connectivity index (χ0) is 16.7. The molecule has 23 heavy (non-hydrogen) atoms. The number of hydrogen-bond acceptors (Lipinski definition) is 3. The van der Waals surface area contributed by atoms with Crippen LogP contribution in [0.2, 0.25) is 0 Å². The fraction of sp³-hybridized carbons (Fsp3) is 0.389. The largest absolute Gasteiger partial charge is 0.345 e. The lowest BCUT2D eigenvalue weighted by atomic mass is 10.0. The molecule has 2 heterocycles. The molecule has 0 fully saturated rings. The van der Waals surface area contributed by atoms with E-state index in [0.717, 1.165) is 24.8 Å². The molecular weight excluding hydrogens is 290 g/mol. The number of amides is 1. The number of aromatic nitrogens is 2. The van der Waals surface area contributed by atoms with Gasteiger partial charge in [0.25, 0.3) is 11.5 Å². The van der Waals surface area contributed by atoms with Gasteiger partial charge in [0.1, 0.15) is 0 Å². The van der Waals surface area contributed by atoms with Gasteiger partial charge in [0.2, 0.25) is 0 Å². The molecule has 0 spiro atoms. The van der Waals surface area contributed by atoms with Crippen molar-refractivity contribution in [2.75, 3.05) is 0 Å². The van der Waals surface area contributed by atoms with Crippen LogP contribution >= 0.6 is 0 Å². The summed E-state index contributed by atoms with van der Waals surface area (Å²) in [5.41, 5.74) is 1.22. The predicted octanol–water partition coefficient (Wildman–Crippen LogP) is 2.92. The van der Waals surface area contributed by atoms with Gasteiger partial charge in [-0.3, -0.25) is 14.6 Å². The van der Waals surface area contributed by atoms with Gasteiger partial charge >= 0.3 is 0 Å². The van der Waals surface area contributed by atoms with Crippen LogP contribution in [0.15, 0.2) is 47.7 Å². The molecule has 0 saturated carbocycles. The number of rotatable bonds is 7. The van der Waals surface area contributed by atoms with E-state index < -0.39 is 0 Å². The van der Waals surface area contributed by atoms with Crippen molar-refractivity contribution in [1.82, 2.24) is 14.9 Å². The molecule has 5 heteroatoms. The number of carbonyl (C=O) groups is 1. The molecule has 1 N–H and O–H groups in total. The maximum Gasteiger partial charge on any atom is 0.252 e. The van der Waals surface area contributed by atoms with Gasteiger partial charge in [-0.25, -0.2) is 0 Å². The van der Waals surface area contributed by atoms with Crippen molar-refractivity contribution < 1.29 is 4.79 Å². The molecular formula is C18H23N3O2. The summed E-state index contributed by atoms with van der Waals surface area (Å²) in [5, 5.41) is 3.02. The van der Waals surface area contributed by atoms with E-state index >= 15 is 0 Å². The fourth-order valence-corrected chi connectivity index (χ4v) is 2.46. The maximum absolute atomic E-state index is 12.5. The topological polar surface area (TPSA) is 64.0 Å². The monoisotopic (exact) mass is 313 g/mol. The number of nitrogens with zero attached hydrogens (tertiary/aromatic N) is 2. The molecule has 0 aromatic carbocycles. The highest BCUT2D eigenvalue weighted by atomic mass is 16.2. The van der Waals surface area contributed by atoms with Crippen molar-refractivity contribution in [3.8, 4) is 0 Å². The van der Waals surface area contributed by atoms with Crippen molar-refractivity contribution in [3.05, 3.63) is 64.3 Å². The molecule has 0 bridgehead atoms. The number of unbranched alkanes of at least 4 members (excludes halogenated alkanes) is 1. The van der Waals surface area contributed by atoms with Crippen LogP contribution in [-0.2, 0) is 6.54 Å². The SMILES string of the molecule is CCCC[C@H](NC(=O)c1ccn(CC)c(=O)c1)c1cccnc1. The Bertz CT molecular complexity index is 695. The van der Waals surface area contributed by atoms with E-state index in [-0.39, 0.29) is 17.5 Å². The summed E-state index contributed by atoms with van der Waals surface area (Å²) in [6, 6.07) is 6.80. The number of pyridine rings is 2. The zero-order valence-corrected chi connectivity index (χ0v) is 13.7. The smallest absolute Gasteiger partial charge is 0.252 e. The van der Waals surface area contributed by atoms with E-state index in [1.165, 1.54) is 6.07 Å². The van der Waals surface area contributed by atoms with Gasteiger partial charge in [0.05, 0.1) is 6.04 Å². The summed E-state index contributed by atoms with van der Waals surface area (Å²) in [6.07, 6.45) is 8.06. The second-order valence-corrected chi connectivity index (χ2v) is 5.49. The lowest BCUT2D eigenvalue weighted by Gasteiger charge is -2.19. The minimum Gasteiger partial charge on any atom is -0.345 e. The molecule has 2 rings (SSSR count). The molecule has 0 radical (unpaired) electrons. The van der Waals surface area contributed by atoms with E-state index in [1.54, 1.807) is 29.2 Å². The molecule has 2 aromatic heterocycles. The van der Waals surface area contributed by atoms with Crippen LogP contribution in [0.5, 0.6) is 0 Å². The summed E-state index contributed by atoms with van der Waals surface area (Å²) in [5.74, 6) is -0.227. The molecule has 2 aromatic rings. The summed E-state index contributed by atoms with van der Waals surface area (Å²) < 4.78 is 1.56. The molecule has 0 aliphatic rings. The van der Waals surface area contributed by atoms with Crippen molar-refractivity contribution in [2.24, 2.45) is 0 Å². The zero-order valence-electron chi connectivity index (χ0n) is 13.7. The van der Waals surface area contributed by atoms with Crippen molar-refractivity contribution in [1.29, 1.82) is 0 Å². The Morgan fingerprint density at radius 2 is 2.17 bits per heavy atom. The molecule has 0 saturated heterocycles. The number of aryl methyl sites for hydroxylation is 1. The van der Waals surface area contributed by atoms with Gasteiger partial charge in [-0.1, -0.05) is 25.8 Å². The van der Waals surface area contributed by atoms with E-state index in [0.29, 0.717) is 12.1 Å². The Kier molecular flexibility index (Phi) is 6.09. The minimum atomic E-state index is -0.227. The highest BCUT2D eigenvalue weighted by Crippen LogP contribution is 2.19. The van der Waals surface area contributed by atoms with Crippen molar-refractivity contribution >= 4 is 5.91 Å². The fourth-order valence-electron chi connectivity index (χ4n) is 2.46. The lowest BCUT2D eigenvalue weighted by Crippen LogP contribution is -2.30. The minimum absolute atomic E-state index is 0.0928. The third kappa shape index (κ3) is 4.52. The highest BCUT2D eigenvalue weighted by molar-refractivity contribution is 5.94. The standard InChI is InChI=1S/C18H23N3O2/c1-3-5-8-16(15-7-6-10-19-13-15)20-18(23)14-9-11-21(4-2)17(22)12-14/h6-7,9-13,16H,3-5,8H2,1-2H3,(H,20,23)/t16-/m0/s1. The number of nitrogens with one attached hydrogen (secondary N) is 1. The highest BCUT2D eigenvalue weighted by Gasteiger charge is 2.16. The van der Waals surface area contributed by atoms with Crippen LogP contribution in [0.3, 0.4) is 0 Å². The summed E-state index contributed by atoms with van der Waals surface area (Å²) in [6.45, 7) is 4.60. The van der Waals surface area contributed by atoms with Crippen LogP contribution in [-0.4, -0.2) is 15.5 Å². The van der Waals surface area contributed by atoms with Crippen LogP contribution in [0.4, 0.5) is 0 Å². The molecule has 1 amide bonds. The first-order chi connectivity index (χ1) is 11.2. The van der Waals surface area contributed by atoms with Crippen LogP contribution in [0, 0.1) is 0 Å². The Morgan fingerprint density at radius 1 is 1.35 bits per heavy atom. The number of carbonyl (C=O) groups excluding carboxylic acids is 1. The second-order valence-electron chi connectivity index (χ2n) is 5.49. The molecule has 0 aliphatic carbocycles. The van der Waals surface area contributed by atoms with Gasteiger partial charge in [-0.05, 0) is 31.0 Å². The Morgan fingerprint density at radius 3 is 2.78 bits per heavy atom. The first-order valence-corrected chi connectivity index (χ1v) is 8.07. The average molecular weight is 313 g/mol. The third-order valence-electron chi connectivity index (χ3n) is 3.84. The van der Waals surface area contributed by atoms with Crippen LogP contribution < -0.4 is 10.9 Å². The summed E-state index contributed by atoms with van der Waals surface area (Å²) >= 11 is 0. The van der Waals surface area contributed by atoms with Crippen molar-refractivity contribution in [2.45, 2.75) is 45.7 Å². The normalized spacial score (nSPS) is 11.9. The first-order valence-electron chi connectivity index (χ1n) is 8.07. The van der Waals surface area contributed by atoms with E-state index in [4.69, 9.17) is 0 Å². The van der Waals surface area contributed by atoms with Gasteiger partial charge in [0, 0.05) is 36.8 Å². The maximum atomic E-state index is 12.5. The van der Waals surface area contributed by atoms with Gasteiger partial charge in [0.15, 0.2) is 0 Å². The Balaban J connectivity index is 2.17. The van der Waals surface area contributed by atoms with Crippen molar-refractivity contribution in [3.63, 3.8) is 0 Å². The lowest BCUT2D eigenvalue weighted by molar-refractivity contribution is 0.0933. The third-order valence-corrected chi connectivity index (χ3v) is 3.84. The van der Waals surface area contributed by atoms with Gasteiger partial charge in [-0.15, -0.1) is 0 Å². The van der Waals surface area contributed by atoms with E-state index in [1.807, 2.05) is 19.1 Å². The Labute approximate surface area is 136 Å². The quantitative estimate of drug-likeness (QED) is 0.855. The summed E-state index contributed by atoms with van der Waals surface area (Å²) in [7, 11) is 0. The average Bonchev–Trinajstić information content (AvgIpc) is 2.59. The van der Waals surface area contributed by atoms with Gasteiger partial charge in [-0.2, -0.15) is 0 Å². The Hall–Kier alpha value is -2.43. The molecule has 0 unspecified atom stereocenters. The summed E-state index contributed by atoms with van der Waals surface area (Å²) in [4.78, 5) is 28.5. The predicted molar refractivity (Wildman–Crippen MR) is 90.3 cm³/mol.